The van der Waals surface area contributed by atoms with Crippen LogP contribution in [0, 0.1) is 5.92 Å². The number of rotatable bonds is 20. The summed E-state index contributed by atoms with van der Waals surface area (Å²) < 4.78 is 0. The molecule has 0 fully saturated rings. The molecule has 30 heavy (non-hydrogen) atoms. The topological polar surface area (TPSA) is 75.4 Å². The fourth-order valence-electron chi connectivity index (χ4n) is 3.92. The van der Waals surface area contributed by atoms with Crippen molar-refractivity contribution in [3.8, 4) is 0 Å². The summed E-state index contributed by atoms with van der Waals surface area (Å²) in [6, 6.07) is -0.0705. The average molecular weight is 449 g/mol. The number of nitrogens with two attached hydrogens (primary N) is 1. The lowest BCUT2D eigenvalue weighted by Crippen LogP contribution is -2.53. The van der Waals surface area contributed by atoms with Crippen molar-refractivity contribution in [2.45, 2.75) is 149 Å². The van der Waals surface area contributed by atoms with Gasteiger partial charge in [-0.3, -0.25) is 4.79 Å². The Bertz CT molecular complexity index is 386. The lowest BCUT2D eigenvalue weighted by atomic mass is 9.90. The molecule has 4 nitrogen and oxygen atoms in total. The summed E-state index contributed by atoms with van der Waals surface area (Å²) in [6.45, 7) is 7.78. The molecule has 0 saturated heterocycles. The van der Waals surface area contributed by atoms with Crippen LogP contribution in [-0.2, 0) is 4.79 Å². The Kier molecular flexibility index (Phi) is 21.9. The van der Waals surface area contributed by atoms with Crippen molar-refractivity contribution in [2.24, 2.45) is 11.7 Å². The molecule has 0 rings (SSSR count). The first kappa shape index (κ1) is 31.9. The van der Waals surface area contributed by atoms with E-state index in [1.54, 1.807) is 6.92 Å². The number of unbranched alkanes of at least 4 members (excludes halogenated alkanes) is 14. The molecule has 0 radical (unpaired) electrons. The van der Waals surface area contributed by atoms with Gasteiger partial charge in [-0.05, 0) is 19.8 Å². The molecule has 0 bridgehead atoms. The lowest BCUT2D eigenvalue weighted by molar-refractivity contribution is -0.123. The summed E-state index contributed by atoms with van der Waals surface area (Å²) in [5, 5.41) is 13.0. The van der Waals surface area contributed by atoms with Gasteiger partial charge in [0.1, 0.15) is 5.72 Å². The fraction of sp³-hybridized carbons (Fsp3) is 0.960. The molecule has 0 aromatic carbocycles. The van der Waals surface area contributed by atoms with Crippen LogP contribution in [0.25, 0.3) is 0 Å². The van der Waals surface area contributed by atoms with Gasteiger partial charge in [0.2, 0.25) is 5.91 Å². The molecular weight excluding hydrogens is 396 g/mol. The molecular formula is C25H53ClN2O2. The number of amides is 1. The molecule has 0 aliphatic heterocycles. The zero-order valence-corrected chi connectivity index (χ0v) is 21.3. The van der Waals surface area contributed by atoms with Crippen molar-refractivity contribution in [3.63, 3.8) is 0 Å². The first-order valence-corrected chi connectivity index (χ1v) is 12.6. The van der Waals surface area contributed by atoms with E-state index < -0.39 is 5.72 Å². The zero-order valence-electron chi connectivity index (χ0n) is 20.5. The Morgan fingerprint density at radius 1 is 0.833 bits per heavy atom. The maximum Gasteiger partial charge on any atom is 0.220 e. The summed E-state index contributed by atoms with van der Waals surface area (Å²) in [7, 11) is 0. The van der Waals surface area contributed by atoms with E-state index in [4.69, 9.17) is 5.73 Å². The highest BCUT2D eigenvalue weighted by molar-refractivity contribution is 5.85. The van der Waals surface area contributed by atoms with E-state index in [0.29, 0.717) is 6.42 Å². The van der Waals surface area contributed by atoms with E-state index in [0.717, 1.165) is 19.3 Å². The molecule has 182 valence electrons. The molecule has 0 heterocycles. The molecule has 1 amide bonds. The summed E-state index contributed by atoms with van der Waals surface area (Å²) in [5.41, 5.74) is 4.51. The first-order chi connectivity index (χ1) is 13.8. The van der Waals surface area contributed by atoms with Crippen molar-refractivity contribution in [1.82, 2.24) is 5.32 Å². The van der Waals surface area contributed by atoms with Crippen molar-refractivity contribution in [2.75, 3.05) is 0 Å². The van der Waals surface area contributed by atoms with Gasteiger partial charge in [0.05, 0.1) is 0 Å². The monoisotopic (exact) mass is 448 g/mol. The smallest absolute Gasteiger partial charge is 0.220 e. The van der Waals surface area contributed by atoms with Gasteiger partial charge in [-0.25, -0.2) is 0 Å². The molecule has 5 heteroatoms. The molecule has 0 aromatic rings. The van der Waals surface area contributed by atoms with E-state index in [2.05, 4.69) is 12.2 Å². The summed E-state index contributed by atoms with van der Waals surface area (Å²) in [4.78, 5) is 12.1. The second-order valence-corrected chi connectivity index (χ2v) is 9.30. The van der Waals surface area contributed by atoms with Crippen molar-refractivity contribution in [3.05, 3.63) is 0 Å². The highest BCUT2D eigenvalue weighted by atomic mass is 35.5. The van der Waals surface area contributed by atoms with Gasteiger partial charge in [0.25, 0.3) is 0 Å². The second kappa shape index (κ2) is 20.6. The van der Waals surface area contributed by atoms with Gasteiger partial charge in [0.15, 0.2) is 0 Å². The third-order valence-electron chi connectivity index (χ3n) is 6.32. The quantitative estimate of drug-likeness (QED) is 0.140. The van der Waals surface area contributed by atoms with Gasteiger partial charge in [-0.15, -0.1) is 12.4 Å². The van der Waals surface area contributed by atoms with E-state index in [-0.39, 0.29) is 30.3 Å². The third kappa shape index (κ3) is 18.4. The van der Waals surface area contributed by atoms with Crippen LogP contribution in [0.2, 0.25) is 0 Å². The molecule has 0 aliphatic rings. The van der Waals surface area contributed by atoms with Gasteiger partial charge in [-0.2, -0.15) is 0 Å². The molecule has 0 saturated carbocycles. The lowest BCUT2D eigenvalue weighted by Gasteiger charge is -2.33. The average Bonchev–Trinajstić information content (AvgIpc) is 2.67. The minimum Gasteiger partial charge on any atom is -0.376 e. The minimum atomic E-state index is -1.26. The molecule has 0 aromatic heterocycles. The number of nitrogens with one attached hydrogen (secondary N) is 1. The van der Waals surface area contributed by atoms with Crippen molar-refractivity contribution in [1.29, 1.82) is 0 Å². The number of hydrogen-bond acceptors (Lipinski definition) is 3. The van der Waals surface area contributed by atoms with E-state index in [9.17, 15) is 9.90 Å². The highest BCUT2D eigenvalue weighted by Crippen LogP contribution is 2.18. The third-order valence-corrected chi connectivity index (χ3v) is 6.32. The maximum atomic E-state index is 12.1. The van der Waals surface area contributed by atoms with Gasteiger partial charge in [0, 0.05) is 18.4 Å². The SMILES string of the molecule is CCCCCCCCCCCCCCCCCC(=O)NC(CC)C(C)C(C)(N)O.Cl. The molecule has 0 aliphatic carbocycles. The van der Waals surface area contributed by atoms with E-state index in [1.165, 1.54) is 83.5 Å². The van der Waals surface area contributed by atoms with Gasteiger partial charge in [-0.1, -0.05) is 111 Å². The van der Waals surface area contributed by atoms with E-state index in [1.807, 2.05) is 13.8 Å². The van der Waals surface area contributed by atoms with Crippen LogP contribution in [0.3, 0.4) is 0 Å². The molecule has 4 N–H and O–H groups in total. The Balaban J connectivity index is 0. The number of aliphatic hydroxyl groups is 1. The Morgan fingerprint density at radius 2 is 1.20 bits per heavy atom. The van der Waals surface area contributed by atoms with Crippen LogP contribution >= 0.6 is 12.4 Å². The fourth-order valence-corrected chi connectivity index (χ4v) is 3.92. The molecule has 0 spiro atoms. The van der Waals surface area contributed by atoms with Crippen molar-refractivity contribution < 1.29 is 9.90 Å². The predicted molar refractivity (Wildman–Crippen MR) is 133 cm³/mol. The van der Waals surface area contributed by atoms with Gasteiger partial charge < -0.3 is 16.2 Å². The van der Waals surface area contributed by atoms with Crippen LogP contribution in [0.15, 0.2) is 0 Å². The van der Waals surface area contributed by atoms with Crippen LogP contribution in [0.1, 0.15) is 137 Å². The minimum absolute atomic E-state index is 0. The predicted octanol–water partition coefficient (Wildman–Crippen LogP) is 6.87. The van der Waals surface area contributed by atoms with E-state index >= 15 is 0 Å². The summed E-state index contributed by atoms with van der Waals surface area (Å²) in [6.07, 6.45) is 21.3. The number of carbonyl (C=O) groups excluding carboxylic acids is 1. The maximum absolute atomic E-state index is 12.1. The van der Waals surface area contributed by atoms with Crippen LogP contribution in [0.5, 0.6) is 0 Å². The largest absolute Gasteiger partial charge is 0.376 e. The molecule has 3 unspecified atom stereocenters. The Hall–Kier alpha value is -0.320. The normalized spacial score (nSPS) is 15.1. The first-order valence-electron chi connectivity index (χ1n) is 12.6. The molecule has 3 atom stereocenters. The number of hydrogen-bond donors (Lipinski definition) is 3. The Labute approximate surface area is 193 Å². The standard InChI is InChI=1S/C25H52N2O2.ClH/c1-5-7-8-9-10-11-12-13-14-15-16-17-18-19-20-21-24(28)27-23(6-2)22(3)25(4,26)29;/h22-23,29H,5-21,26H2,1-4H3,(H,27,28);1H. The highest BCUT2D eigenvalue weighted by Gasteiger charge is 2.30. The second-order valence-electron chi connectivity index (χ2n) is 9.30. The number of carbonyl (C=O) groups is 1. The van der Waals surface area contributed by atoms with Crippen LogP contribution in [0.4, 0.5) is 0 Å². The van der Waals surface area contributed by atoms with Crippen molar-refractivity contribution >= 4 is 18.3 Å². The Morgan fingerprint density at radius 3 is 1.53 bits per heavy atom. The summed E-state index contributed by atoms with van der Waals surface area (Å²) in [5.74, 6) is -0.0832. The van der Waals surface area contributed by atoms with Gasteiger partial charge >= 0.3 is 0 Å². The summed E-state index contributed by atoms with van der Waals surface area (Å²) >= 11 is 0. The van der Waals surface area contributed by atoms with Crippen LogP contribution in [-0.4, -0.2) is 22.8 Å². The number of halogens is 1. The van der Waals surface area contributed by atoms with Crippen LogP contribution < -0.4 is 11.1 Å². The zero-order chi connectivity index (χ0) is 22.0.